The molecule has 166 valence electrons. The van der Waals surface area contributed by atoms with Crippen molar-refractivity contribution in [2.45, 2.75) is 24.9 Å². The number of anilines is 1. The van der Waals surface area contributed by atoms with Crippen LogP contribution in [0.3, 0.4) is 0 Å². The third kappa shape index (κ3) is 4.43. The largest absolute Gasteiger partial charge is 0.345 e. The van der Waals surface area contributed by atoms with Gasteiger partial charge in [0.05, 0.1) is 13.1 Å². The minimum absolute atomic E-state index is 0.0134. The Morgan fingerprint density at radius 2 is 1.66 bits per heavy atom. The van der Waals surface area contributed by atoms with E-state index < -0.39 is 41.9 Å². The fourth-order valence-corrected chi connectivity index (χ4v) is 3.62. The Bertz CT molecular complexity index is 1100. The second kappa shape index (κ2) is 8.74. The summed E-state index contributed by atoms with van der Waals surface area (Å²) < 4.78 is 26.1. The monoisotopic (exact) mass is 442 g/mol. The molecule has 8 nitrogen and oxygen atoms in total. The topological polar surface area (TPSA) is 108 Å². The number of benzene rings is 2. The van der Waals surface area contributed by atoms with Gasteiger partial charge in [-0.2, -0.15) is 0 Å². The Morgan fingerprint density at radius 1 is 0.938 bits per heavy atom. The SMILES string of the molecule is O=C(CNC(=O)C1c2ccccc2C(=O)N1C1CC1)NCC(=O)Nc1ccc(F)c(F)c1. The molecule has 4 amide bonds. The molecule has 0 aromatic heterocycles. The maximum Gasteiger partial charge on any atom is 0.255 e. The van der Waals surface area contributed by atoms with E-state index in [1.807, 2.05) is 0 Å². The molecule has 1 saturated carbocycles. The quantitative estimate of drug-likeness (QED) is 0.604. The Labute approximate surface area is 182 Å². The van der Waals surface area contributed by atoms with Crippen LogP contribution in [0.15, 0.2) is 42.5 Å². The van der Waals surface area contributed by atoms with Crippen molar-refractivity contribution in [3.63, 3.8) is 0 Å². The molecular weight excluding hydrogens is 422 g/mol. The number of halogens is 2. The third-order valence-corrected chi connectivity index (χ3v) is 5.26. The predicted octanol–water partition coefficient (Wildman–Crippen LogP) is 1.50. The van der Waals surface area contributed by atoms with Crippen LogP contribution in [0, 0.1) is 11.6 Å². The standard InChI is InChI=1S/C22H20F2N4O4/c23-16-8-5-12(9-17(16)24)27-19(30)11-25-18(29)10-26-21(31)20-14-3-1-2-4-15(14)22(32)28(20)13-6-7-13/h1-5,8-9,13,20H,6-7,10-11H2,(H,25,29)(H,26,31)(H,27,30). The highest BCUT2D eigenvalue weighted by atomic mass is 19.2. The van der Waals surface area contributed by atoms with Crippen molar-refractivity contribution in [3.8, 4) is 0 Å². The lowest BCUT2D eigenvalue weighted by molar-refractivity contribution is -0.129. The summed E-state index contributed by atoms with van der Waals surface area (Å²) in [5, 5.41) is 7.18. The summed E-state index contributed by atoms with van der Waals surface area (Å²) in [4.78, 5) is 51.0. The van der Waals surface area contributed by atoms with Gasteiger partial charge in [-0.15, -0.1) is 0 Å². The van der Waals surface area contributed by atoms with Crippen molar-refractivity contribution in [2.75, 3.05) is 18.4 Å². The van der Waals surface area contributed by atoms with Crippen LogP contribution in [0.25, 0.3) is 0 Å². The molecule has 32 heavy (non-hydrogen) atoms. The zero-order valence-corrected chi connectivity index (χ0v) is 16.9. The van der Waals surface area contributed by atoms with Crippen LogP contribution in [0.5, 0.6) is 0 Å². The minimum atomic E-state index is -1.11. The van der Waals surface area contributed by atoms with Gasteiger partial charge in [0.25, 0.3) is 5.91 Å². The molecule has 1 aliphatic carbocycles. The van der Waals surface area contributed by atoms with Crippen LogP contribution in [0.4, 0.5) is 14.5 Å². The summed E-state index contributed by atoms with van der Waals surface area (Å²) in [5.41, 5.74) is 1.13. The first-order valence-electron chi connectivity index (χ1n) is 10.1. The molecule has 3 N–H and O–H groups in total. The average molecular weight is 442 g/mol. The number of fused-ring (bicyclic) bond motifs is 1. The highest BCUT2D eigenvalue weighted by molar-refractivity contribution is 6.05. The molecular formula is C22H20F2N4O4. The van der Waals surface area contributed by atoms with Crippen molar-refractivity contribution in [1.82, 2.24) is 15.5 Å². The zero-order valence-electron chi connectivity index (χ0n) is 16.9. The molecule has 2 aromatic carbocycles. The maximum atomic E-state index is 13.2. The minimum Gasteiger partial charge on any atom is -0.345 e. The fraction of sp³-hybridized carbons (Fsp3) is 0.273. The molecule has 1 heterocycles. The Balaban J connectivity index is 1.29. The van der Waals surface area contributed by atoms with Crippen molar-refractivity contribution < 1.29 is 28.0 Å². The van der Waals surface area contributed by atoms with E-state index in [1.54, 1.807) is 29.2 Å². The summed E-state index contributed by atoms with van der Waals surface area (Å²) in [7, 11) is 0. The molecule has 4 rings (SSSR count). The third-order valence-electron chi connectivity index (χ3n) is 5.26. The Hall–Kier alpha value is -3.82. The smallest absolute Gasteiger partial charge is 0.255 e. The maximum absolute atomic E-state index is 13.2. The Morgan fingerprint density at radius 3 is 2.38 bits per heavy atom. The summed E-state index contributed by atoms with van der Waals surface area (Å²) in [5.74, 6) is -4.08. The molecule has 1 unspecified atom stereocenters. The summed E-state index contributed by atoms with van der Waals surface area (Å²) in [6.45, 7) is -0.810. The second-order valence-corrected chi connectivity index (χ2v) is 7.60. The van der Waals surface area contributed by atoms with E-state index in [9.17, 15) is 28.0 Å². The van der Waals surface area contributed by atoms with Crippen LogP contribution >= 0.6 is 0 Å². The molecule has 0 bridgehead atoms. The van der Waals surface area contributed by atoms with Crippen LogP contribution in [0.1, 0.15) is 34.8 Å². The van der Waals surface area contributed by atoms with Gasteiger partial charge in [0, 0.05) is 23.4 Å². The van der Waals surface area contributed by atoms with Crippen LogP contribution < -0.4 is 16.0 Å². The van der Waals surface area contributed by atoms with Gasteiger partial charge in [0.15, 0.2) is 11.6 Å². The van der Waals surface area contributed by atoms with E-state index in [0.717, 1.165) is 25.0 Å². The summed E-state index contributed by atoms with van der Waals surface area (Å²) in [6.07, 6.45) is 1.66. The van der Waals surface area contributed by atoms with Gasteiger partial charge in [0.2, 0.25) is 17.7 Å². The van der Waals surface area contributed by atoms with E-state index in [0.29, 0.717) is 11.1 Å². The van der Waals surface area contributed by atoms with Crippen molar-refractivity contribution >= 4 is 29.3 Å². The summed E-state index contributed by atoms with van der Waals surface area (Å²) >= 11 is 0. The molecule has 1 aliphatic heterocycles. The number of rotatable bonds is 7. The van der Waals surface area contributed by atoms with E-state index in [4.69, 9.17) is 0 Å². The molecule has 1 fully saturated rings. The van der Waals surface area contributed by atoms with Crippen molar-refractivity contribution in [3.05, 3.63) is 65.2 Å². The number of hydrogen-bond acceptors (Lipinski definition) is 4. The van der Waals surface area contributed by atoms with Crippen LogP contribution in [-0.2, 0) is 14.4 Å². The lowest BCUT2D eigenvalue weighted by Gasteiger charge is -2.24. The molecule has 0 radical (unpaired) electrons. The van der Waals surface area contributed by atoms with E-state index in [-0.39, 0.29) is 24.2 Å². The normalized spacial score (nSPS) is 17.0. The first-order chi connectivity index (χ1) is 15.3. The second-order valence-electron chi connectivity index (χ2n) is 7.60. The molecule has 0 spiro atoms. The molecule has 2 aromatic rings. The number of carbonyl (C=O) groups excluding carboxylic acids is 4. The van der Waals surface area contributed by atoms with Gasteiger partial charge in [0.1, 0.15) is 6.04 Å². The first kappa shape index (κ1) is 21.4. The van der Waals surface area contributed by atoms with Gasteiger partial charge >= 0.3 is 0 Å². The highest BCUT2D eigenvalue weighted by Gasteiger charge is 2.47. The predicted molar refractivity (Wildman–Crippen MR) is 109 cm³/mol. The Kier molecular flexibility index (Phi) is 5.85. The van der Waals surface area contributed by atoms with E-state index in [2.05, 4.69) is 16.0 Å². The highest BCUT2D eigenvalue weighted by Crippen LogP contribution is 2.41. The van der Waals surface area contributed by atoms with Gasteiger partial charge in [-0.25, -0.2) is 8.78 Å². The lowest BCUT2D eigenvalue weighted by atomic mass is 10.0. The number of nitrogens with one attached hydrogen (secondary N) is 3. The number of hydrogen-bond donors (Lipinski definition) is 3. The molecule has 10 heteroatoms. The number of amides is 4. The van der Waals surface area contributed by atoms with Crippen molar-refractivity contribution in [2.24, 2.45) is 0 Å². The van der Waals surface area contributed by atoms with Crippen LogP contribution in [0.2, 0.25) is 0 Å². The molecule has 0 saturated heterocycles. The van der Waals surface area contributed by atoms with Crippen LogP contribution in [-0.4, -0.2) is 47.7 Å². The number of nitrogens with zero attached hydrogens (tertiary/aromatic N) is 1. The zero-order chi connectivity index (χ0) is 22.8. The first-order valence-corrected chi connectivity index (χ1v) is 10.1. The van der Waals surface area contributed by atoms with Crippen molar-refractivity contribution in [1.29, 1.82) is 0 Å². The van der Waals surface area contributed by atoms with E-state index >= 15 is 0 Å². The van der Waals surface area contributed by atoms with Gasteiger partial charge < -0.3 is 20.9 Å². The number of carbonyl (C=O) groups is 4. The average Bonchev–Trinajstić information content (AvgIpc) is 3.57. The van der Waals surface area contributed by atoms with Gasteiger partial charge in [-0.1, -0.05) is 18.2 Å². The fourth-order valence-electron chi connectivity index (χ4n) is 3.62. The molecule has 2 aliphatic rings. The lowest BCUT2D eigenvalue weighted by Crippen LogP contribution is -2.44. The molecule has 1 atom stereocenters. The van der Waals surface area contributed by atoms with E-state index in [1.165, 1.54) is 6.07 Å². The van der Waals surface area contributed by atoms with Gasteiger partial charge in [-0.3, -0.25) is 19.2 Å². The summed E-state index contributed by atoms with van der Waals surface area (Å²) in [6, 6.07) is 8.99. The van der Waals surface area contributed by atoms with Gasteiger partial charge in [-0.05, 0) is 36.6 Å².